The molecule has 0 saturated heterocycles. The number of carbonyl (C=O) groups excluding carboxylic acids is 1. The van der Waals surface area contributed by atoms with Crippen molar-refractivity contribution in [1.82, 2.24) is 9.97 Å². The van der Waals surface area contributed by atoms with Crippen LogP contribution < -0.4 is 10.5 Å². The fraction of sp³-hybridized carbons (Fsp3) is 0.211. The van der Waals surface area contributed by atoms with Crippen molar-refractivity contribution in [3.8, 4) is 0 Å². The van der Waals surface area contributed by atoms with Crippen molar-refractivity contribution in [3.63, 3.8) is 0 Å². The van der Waals surface area contributed by atoms with Crippen LogP contribution in [-0.2, 0) is 4.74 Å². The third-order valence-corrected chi connectivity index (χ3v) is 4.19. The molecule has 0 fully saturated rings. The number of anilines is 1. The van der Waals surface area contributed by atoms with Crippen LogP contribution in [0.25, 0.3) is 10.9 Å². The maximum absolute atomic E-state index is 12.5. The number of nitrogens with zero attached hydrogens (tertiary/aromatic N) is 3. The molecule has 0 saturated carbocycles. The number of nitro benzene ring substituents is 1. The first-order valence-electron chi connectivity index (χ1n) is 8.43. The number of para-hydroxylation sites is 1. The fourth-order valence-corrected chi connectivity index (χ4v) is 2.76. The normalized spacial score (nSPS) is 11.8. The molecule has 9 heteroatoms. The highest BCUT2D eigenvalue weighted by atomic mass is 16.6. The highest BCUT2D eigenvalue weighted by Crippen LogP contribution is 2.28. The minimum absolute atomic E-state index is 0.0345. The number of fused-ring (bicyclic) bond motifs is 1. The van der Waals surface area contributed by atoms with Gasteiger partial charge in [0.2, 0.25) is 0 Å². The van der Waals surface area contributed by atoms with Crippen molar-refractivity contribution in [3.05, 3.63) is 74.3 Å². The van der Waals surface area contributed by atoms with Crippen molar-refractivity contribution in [1.29, 1.82) is 0 Å². The number of aromatic amines is 1. The van der Waals surface area contributed by atoms with Crippen LogP contribution >= 0.6 is 0 Å². The second-order valence-corrected chi connectivity index (χ2v) is 6.37. The van der Waals surface area contributed by atoms with E-state index >= 15 is 0 Å². The van der Waals surface area contributed by atoms with Gasteiger partial charge in [0.05, 0.1) is 21.4 Å². The van der Waals surface area contributed by atoms with Gasteiger partial charge in [-0.05, 0) is 31.2 Å². The van der Waals surface area contributed by atoms with Crippen molar-refractivity contribution in [2.45, 2.75) is 13.0 Å². The predicted octanol–water partition coefficient (Wildman–Crippen LogP) is 2.82. The zero-order chi connectivity index (χ0) is 20.4. The van der Waals surface area contributed by atoms with E-state index in [0.717, 1.165) is 0 Å². The van der Waals surface area contributed by atoms with Crippen LogP contribution in [0.3, 0.4) is 0 Å². The Bertz CT molecular complexity index is 1120. The largest absolute Gasteiger partial charge is 0.451 e. The lowest BCUT2D eigenvalue weighted by atomic mass is 10.1. The van der Waals surface area contributed by atoms with Crippen LogP contribution in [0.4, 0.5) is 11.4 Å². The molecule has 1 aromatic heterocycles. The fourth-order valence-electron chi connectivity index (χ4n) is 2.76. The Morgan fingerprint density at radius 3 is 2.64 bits per heavy atom. The molecule has 1 N–H and O–H groups in total. The quantitative estimate of drug-likeness (QED) is 0.409. The van der Waals surface area contributed by atoms with Gasteiger partial charge in [0.1, 0.15) is 5.69 Å². The number of carbonyl (C=O) groups is 1. The number of ether oxygens (including phenoxy) is 1. The second-order valence-electron chi connectivity index (χ2n) is 6.37. The molecule has 3 rings (SSSR count). The Labute approximate surface area is 159 Å². The maximum atomic E-state index is 12.5. The van der Waals surface area contributed by atoms with Crippen molar-refractivity contribution < 1.29 is 14.5 Å². The van der Waals surface area contributed by atoms with Crippen LogP contribution in [0.5, 0.6) is 0 Å². The van der Waals surface area contributed by atoms with Gasteiger partial charge in [-0.25, -0.2) is 9.78 Å². The summed E-state index contributed by atoms with van der Waals surface area (Å²) in [4.78, 5) is 43.8. The van der Waals surface area contributed by atoms with Gasteiger partial charge in [-0.2, -0.15) is 0 Å². The number of nitro groups is 1. The predicted molar refractivity (Wildman–Crippen MR) is 104 cm³/mol. The molecule has 1 atom stereocenters. The Hall–Kier alpha value is -3.75. The molecule has 1 heterocycles. The van der Waals surface area contributed by atoms with Crippen LogP contribution in [0, 0.1) is 10.1 Å². The number of esters is 1. The summed E-state index contributed by atoms with van der Waals surface area (Å²) < 4.78 is 5.35. The van der Waals surface area contributed by atoms with E-state index in [1.54, 1.807) is 50.2 Å². The monoisotopic (exact) mass is 382 g/mol. The van der Waals surface area contributed by atoms with E-state index < -0.39 is 17.0 Å². The molecule has 0 bridgehead atoms. The standard InChI is InChI=1S/C19H18N4O5/c1-11(17-20-14-7-5-4-6-13(14)18(24)21-17)28-19(25)12-8-9-15(22(2)3)16(10-12)23(26)27/h4-11H,1-3H3,(H,20,21,24)/t11-/m1/s1. The van der Waals surface area contributed by atoms with Crippen LogP contribution in [0.15, 0.2) is 47.3 Å². The molecule has 28 heavy (non-hydrogen) atoms. The maximum Gasteiger partial charge on any atom is 0.339 e. The van der Waals surface area contributed by atoms with Crippen molar-refractivity contribution in [2.24, 2.45) is 0 Å². The zero-order valence-corrected chi connectivity index (χ0v) is 15.5. The minimum atomic E-state index is -0.850. The molecular formula is C19H18N4O5. The van der Waals surface area contributed by atoms with Gasteiger partial charge >= 0.3 is 5.97 Å². The van der Waals surface area contributed by atoms with E-state index in [-0.39, 0.29) is 22.6 Å². The van der Waals surface area contributed by atoms with Gasteiger partial charge < -0.3 is 14.6 Å². The summed E-state index contributed by atoms with van der Waals surface area (Å²) in [6.45, 7) is 1.56. The second kappa shape index (κ2) is 7.47. The lowest BCUT2D eigenvalue weighted by Crippen LogP contribution is -2.18. The molecular weight excluding hydrogens is 364 g/mol. The summed E-state index contributed by atoms with van der Waals surface area (Å²) >= 11 is 0. The first-order chi connectivity index (χ1) is 13.3. The number of benzene rings is 2. The van der Waals surface area contributed by atoms with Crippen molar-refractivity contribution >= 4 is 28.2 Å². The SMILES string of the molecule is C[C@@H](OC(=O)c1ccc(N(C)C)c([N+](=O)[O-])c1)c1nc2ccccc2c(=O)[nH]1. The molecule has 9 nitrogen and oxygen atoms in total. The average molecular weight is 382 g/mol. The van der Waals surface area contributed by atoms with Gasteiger partial charge in [-0.15, -0.1) is 0 Å². The molecule has 0 spiro atoms. The summed E-state index contributed by atoms with van der Waals surface area (Å²) in [6, 6.07) is 10.9. The smallest absolute Gasteiger partial charge is 0.339 e. The lowest BCUT2D eigenvalue weighted by Gasteiger charge is -2.15. The molecule has 0 radical (unpaired) electrons. The molecule has 0 aliphatic rings. The van der Waals surface area contributed by atoms with E-state index in [1.807, 2.05) is 0 Å². The lowest BCUT2D eigenvalue weighted by molar-refractivity contribution is -0.384. The van der Waals surface area contributed by atoms with E-state index in [0.29, 0.717) is 16.6 Å². The van der Waals surface area contributed by atoms with Crippen LogP contribution in [-0.4, -0.2) is 35.0 Å². The Kier molecular flexibility index (Phi) is 5.08. The number of H-pyrrole nitrogens is 1. The van der Waals surface area contributed by atoms with Crippen LogP contribution in [0.1, 0.15) is 29.2 Å². The van der Waals surface area contributed by atoms with E-state index in [1.165, 1.54) is 18.2 Å². The van der Waals surface area contributed by atoms with Crippen LogP contribution in [0.2, 0.25) is 0 Å². The summed E-state index contributed by atoms with van der Waals surface area (Å²) in [5.41, 5.74) is 0.344. The molecule has 3 aromatic rings. The number of aromatic nitrogens is 2. The van der Waals surface area contributed by atoms with Gasteiger partial charge in [0, 0.05) is 20.2 Å². The molecule has 0 aliphatic heterocycles. The van der Waals surface area contributed by atoms with Crippen molar-refractivity contribution in [2.75, 3.05) is 19.0 Å². The zero-order valence-electron chi connectivity index (χ0n) is 15.5. The summed E-state index contributed by atoms with van der Waals surface area (Å²) in [7, 11) is 3.34. The van der Waals surface area contributed by atoms with Gasteiger partial charge in [0.25, 0.3) is 11.2 Å². The summed E-state index contributed by atoms with van der Waals surface area (Å²) in [5, 5.41) is 11.7. The first kappa shape index (κ1) is 19.0. The Morgan fingerprint density at radius 2 is 1.96 bits per heavy atom. The third-order valence-electron chi connectivity index (χ3n) is 4.19. The Balaban J connectivity index is 1.88. The number of rotatable bonds is 5. The molecule has 0 unspecified atom stereocenters. The third kappa shape index (κ3) is 3.68. The van der Waals surface area contributed by atoms with Gasteiger partial charge in [-0.3, -0.25) is 14.9 Å². The molecule has 144 valence electrons. The highest BCUT2D eigenvalue weighted by molar-refractivity contribution is 5.91. The van der Waals surface area contributed by atoms with Gasteiger partial charge in [-0.1, -0.05) is 12.1 Å². The average Bonchev–Trinajstić information content (AvgIpc) is 2.67. The first-order valence-corrected chi connectivity index (χ1v) is 8.43. The van der Waals surface area contributed by atoms with E-state index in [9.17, 15) is 19.7 Å². The van der Waals surface area contributed by atoms with E-state index in [4.69, 9.17) is 4.74 Å². The summed E-state index contributed by atoms with van der Waals surface area (Å²) in [6.07, 6.45) is -0.850. The molecule has 2 aromatic carbocycles. The number of nitrogens with one attached hydrogen (secondary N) is 1. The molecule has 0 aliphatic carbocycles. The Morgan fingerprint density at radius 1 is 1.25 bits per heavy atom. The minimum Gasteiger partial charge on any atom is -0.451 e. The summed E-state index contributed by atoms with van der Waals surface area (Å²) in [5.74, 6) is -0.562. The molecule has 0 amide bonds. The van der Waals surface area contributed by atoms with E-state index in [2.05, 4.69) is 9.97 Å². The highest BCUT2D eigenvalue weighted by Gasteiger charge is 2.22. The van der Waals surface area contributed by atoms with Gasteiger partial charge in [0.15, 0.2) is 11.9 Å². The topological polar surface area (TPSA) is 118 Å². The number of hydrogen-bond donors (Lipinski definition) is 1. The number of hydrogen-bond acceptors (Lipinski definition) is 7.